The summed E-state index contributed by atoms with van der Waals surface area (Å²) in [6, 6.07) is 0. The van der Waals surface area contributed by atoms with Gasteiger partial charge < -0.3 is 22.5 Å². The third-order valence-corrected chi connectivity index (χ3v) is 2.76. The normalized spacial score (nSPS) is 11.1. The molecule has 0 rings (SSSR count). The fourth-order valence-corrected chi connectivity index (χ4v) is 1.19. The largest absolute Gasteiger partial charge is 0.481 e. The van der Waals surface area contributed by atoms with E-state index in [4.69, 9.17) is 10.2 Å². The van der Waals surface area contributed by atoms with Gasteiger partial charge in [0.1, 0.15) is 0 Å². The van der Waals surface area contributed by atoms with Crippen LogP contribution in [0.1, 0.15) is 47.0 Å². The van der Waals surface area contributed by atoms with Crippen LogP contribution in [0.15, 0.2) is 0 Å². The lowest BCUT2D eigenvalue weighted by Gasteiger charge is -2.23. The van der Waals surface area contributed by atoms with Crippen LogP contribution in [0.2, 0.25) is 0 Å². The van der Waals surface area contributed by atoms with Crippen LogP contribution < -0.4 is 12.3 Å². The number of aliphatic carboxylic acids is 2. The van der Waals surface area contributed by atoms with E-state index in [2.05, 4.69) is 0 Å². The molecule has 0 heterocycles. The molecule has 0 spiro atoms. The van der Waals surface area contributed by atoms with Crippen LogP contribution in [0.5, 0.6) is 0 Å². The van der Waals surface area contributed by atoms with Gasteiger partial charge in [-0.05, 0) is 40.5 Å². The van der Waals surface area contributed by atoms with E-state index in [0.29, 0.717) is 19.3 Å². The summed E-state index contributed by atoms with van der Waals surface area (Å²) in [6.45, 7) is 6.62. The van der Waals surface area contributed by atoms with Crippen LogP contribution in [0.4, 0.5) is 0 Å². The van der Waals surface area contributed by atoms with E-state index in [-0.39, 0.29) is 12.3 Å². The van der Waals surface area contributed by atoms with Crippen LogP contribution in [0, 0.1) is 10.8 Å². The number of hydrogen-bond donors (Lipinski definition) is 4. The van der Waals surface area contributed by atoms with Gasteiger partial charge in [0.25, 0.3) is 0 Å². The molecule has 0 aliphatic carbocycles. The number of hydrogen-bond acceptors (Lipinski definition) is 4. The highest BCUT2D eigenvalue weighted by Crippen LogP contribution is 2.29. The molecule has 0 atom stereocenters. The van der Waals surface area contributed by atoms with Crippen molar-refractivity contribution in [3.63, 3.8) is 0 Å². The summed E-state index contributed by atoms with van der Waals surface area (Å²) in [5, 5.41) is 17.7. The zero-order valence-electron chi connectivity index (χ0n) is 11.2. The van der Waals surface area contributed by atoms with Crippen LogP contribution in [-0.2, 0) is 9.59 Å². The monoisotopic (exact) mass is 250 g/mol. The van der Waals surface area contributed by atoms with E-state index in [9.17, 15) is 9.59 Å². The average molecular weight is 250 g/mol. The molecule has 104 valence electrons. The maximum absolute atomic E-state index is 10.8. The lowest BCUT2D eigenvalue weighted by atomic mass is 9.81. The van der Waals surface area contributed by atoms with Crippen molar-refractivity contribution < 1.29 is 19.8 Å². The molecular formula is C11H26N2O4. The summed E-state index contributed by atoms with van der Waals surface area (Å²) in [6.07, 6.45) is 1.61. The van der Waals surface area contributed by atoms with Crippen molar-refractivity contribution in [1.29, 1.82) is 0 Å². The minimum absolute atomic E-state index is 0. The Morgan fingerprint density at radius 1 is 0.824 bits per heavy atom. The maximum Gasteiger partial charge on any atom is 0.309 e. The van der Waals surface area contributed by atoms with Crippen molar-refractivity contribution >= 4 is 11.9 Å². The predicted molar refractivity (Wildman–Crippen MR) is 66.7 cm³/mol. The Morgan fingerprint density at radius 3 is 1.24 bits per heavy atom. The van der Waals surface area contributed by atoms with Crippen LogP contribution in [0.3, 0.4) is 0 Å². The van der Waals surface area contributed by atoms with E-state index in [0.717, 1.165) is 0 Å². The number of carboxylic acids is 2. The zero-order chi connectivity index (χ0) is 12.3. The first kappa shape index (κ1) is 21.2. The van der Waals surface area contributed by atoms with E-state index in [1.54, 1.807) is 27.7 Å². The van der Waals surface area contributed by atoms with Crippen molar-refractivity contribution in [2.45, 2.75) is 47.0 Å². The second-order valence-electron chi connectivity index (χ2n) is 5.23. The standard InChI is InChI=1S/C11H20O4.2H3N/c1-10(2,8(12)13)6-5-7-11(3,4)9(14)15;;/h5-7H2,1-4H3,(H,12,13)(H,14,15);2*1H3. The second kappa shape index (κ2) is 7.24. The van der Waals surface area contributed by atoms with Gasteiger partial charge in [0.05, 0.1) is 10.8 Å². The molecule has 0 unspecified atom stereocenters. The predicted octanol–water partition coefficient (Wildman–Crippen LogP) is 2.70. The Kier molecular flexibility index (Phi) is 9.02. The highest BCUT2D eigenvalue weighted by molar-refractivity contribution is 5.74. The third-order valence-electron chi connectivity index (χ3n) is 2.76. The minimum Gasteiger partial charge on any atom is -0.481 e. The van der Waals surface area contributed by atoms with Crippen molar-refractivity contribution in [1.82, 2.24) is 12.3 Å². The summed E-state index contributed by atoms with van der Waals surface area (Å²) < 4.78 is 0. The Morgan fingerprint density at radius 2 is 1.06 bits per heavy atom. The fraction of sp³-hybridized carbons (Fsp3) is 0.818. The SMILES string of the molecule is CC(C)(CCCC(C)(C)C(=O)O)C(=O)O.N.N. The van der Waals surface area contributed by atoms with Crippen molar-refractivity contribution in [2.75, 3.05) is 0 Å². The molecule has 0 aromatic carbocycles. The van der Waals surface area contributed by atoms with Gasteiger partial charge in [-0.1, -0.05) is 6.42 Å². The third kappa shape index (κ3) is 6.91. The average Bonchev–Trinajstić information content (AvgIpc) is 2.02. The van der Waals surface area contributed by atoms with Crippen LogP contribution >= 0.6 is 0 Å². The number of rotatable bonds is 6. The first-order valence-electron chi connectivity index (χ1n) is 5.06. The first-order chi connectivity index (χ1) is 6.59. The first-order valence-corrected chi connectivity index (χ1v) is 5.06. The van der Waals surface area contributed by atoms with Crippen molar-refractivity contribution in [3.05, 3.63) is 0 Å². The summed E-state index contributed by atoms with van der Waals surface area (Å²) in [7, 11) is 0. The van der Waals surface area contributed by atoms with Crippen LogP contribution in [-0.4, -0.2) is 22.2 Å². The van der Waals surface area contributed by atoms with Gasteiger partial charge in [0.15, 0.2) is 0 Å². The summed E-state index contributed by atoms with van der Waals surface area (Å²) in [5.74, 6) is -1.67. The minimum atomic E-state index is -0.837. The van der Waals surface area contributed by atoms with Gasteiger partial charge in [-0.2, -0.15) is 0 Å². The summed E-state index contributed by atoms with van der Waals surface area (Å²) >= 11 is 0. The van der Waals surface area contributed by atoms with Gasteiger partial charge in [0, 0.05) is 0 Å². The Labute approximate surface area is 103 Å². The molecule has 8 N–H and O–H groups in total. The number of carbonyl (C=O) groups is 2. The fourth-order valence-electron chi connectivity index (χ4n) is 1.19. The van der Waals surface area contributed by atoms with Crippen LogP contribution in [0.25, 0.3) is 0 Å². The van der Waals surface area contributed by atoms with Gasteiger partial charge in [-0.3, -0.25) is 9.59 Å². The molecule has 6 heteroatoms. The van der Waals surface area contributed by atoms with Gasteiger partial charge in [-0.25, -0.2) is 0 Å². The van der Waals surface area contributed by atoms with Gasteiger partial charge in [-0.15, -0.1) is 0 Å². The molecule has 0 amide bonds. The zero-order valence-corrected chi connectivity index (χ0v) is 11.2. The Bertz CT molecular complexity index is 236. The molecule has 0 fully saturated rings. The van der Waals surface area contributed by atoms with E-state index < -0.39 is 22.8 Å². The topological polar surface area (TPSA) is 145 Å². The Hall–Kier alpha value is -1.14. The molecule has 0 aromatic rings. The van der Waals surface area contributed by atoms with E-state index >= 15 is 0 Å². The highest BCUT2D eigenvalue weighted by atomic mass is 16.4. The summed E-state index contributed by atoms with van der Waals surface area (Å²) in [4.78, 5) is 21.6. The van der Waals surface area contributed by atoms with Crippen molar-refractivity contribution in [3.8, 4) is 0 Å². The molecule has 0 radical (unpaired) electrons. The van der Waals surface area contributed by atoms with Gasteiger partial charge >= 0.3 is 11.9 Å². The molecule has 0 bridgehead atoms. The Balaban J connectivity index is -0.000000980. The smallest absolute Gasteiger partial charge is 0.309 e. The molecule has 6 nitrogen and oxygen atoms in total. The quantitative estimate of drug-likeness (QED) is 0.570. The van der Waals surface area contributed by atoms with E-state index in [1.165, 1.54) is 0 Å². The molecule has 0 aromatic heterocycles. The lowest BCUT2D eigenvalue weighted by molar-refractivity contribution is -0.148. The van der Waals surface area contributed by atoms with E-state index in [1.807, 2.05) is 0 Å². The lowest BCUT2D eigenvalue weighted by Crippen LogP contribution is -2.26. The summed E-state index contributed by atoms with van der Waals surface area (Å²) in [5.41, 5.74) is -1.54. The molecule has 0 aliphatic heterocycles. The molecule has 0 saturated carbocycles. The van der Waals surface area contributed by atoms with Gasteiger partial charge in [0.2, 0.25) is 0 Å². The highest BCUT2D eigenvalue weighted by Gasteiger charge is 2.30. The molecular weight excluding hydrogens is 224 g/mol. The molecule has 0 saturated heterocycles. The second-order valence-corrected chi connectivity index (χ2v) is 5.23. The molecule has 0 aliphatic rings. The number of carboxylic acid groups (broad SMARTS) is 2. The van der Waals surface area contributed by atoms with Crippen molar-refractivity contribution in [2.24, 2.45) is 10.8 Å². The maximum atomic E-state index is 10.8. The molecule has 17 heavy (non-hydrogen) atoms.